The van der Waals surface area contributed by atoms with E-state index < -0.39 is 0 Å². The summed E-state index contributed by atoms with van der Waals surface area (Å²) in [4.78, 5) is 14.4. The molecule has 144 valence electrons. The number of anilines is 2. The van der Waals surface area contributed by atoms with Crippen molar-refractivity contribution in [3.63, 3.8) is 0 Å². The third kappa shape index (κ3) is 3.12. The average Bonchev–Trinajstić information content (AvgIpc) is 3.36. The van der Waals surface area contributed by atoms with Gasteiger partial charge in [0.2, 0.25) is 0 Å². The number of aromatic nitrogens is 2. The predicted molar refractivity (Wildman–Crippen MR) is 117 cm³/mol. The zero-order valence-electron chi connectivity index (χ0n) is 15.7. The lowest BCUT2D eigenvalue weighted by atomic mass is 10.3. The van der Waals surface area contributed by atoms with Gasteiger partial charge in [0.1, 0.15) is 11.5 Å². The van der Waals surface area contributed by atoms with Gasteiger partial charge in [-0.1, -0.05) is 22.7 Å². The molecule has 0 bridgehead atoms. The molecule has 5 rings (SSSR count). The maximum Gasteiger partial charge on any atom is 0.186 e. The van der Waals surface area contributed by atoms with Crippen LogP contribution in [0.1, 0.15) is 0 Å². The third-order valence-electron chi connectivity index (χ3n) is 4.99. The highest BCUT2D eigenvalue weighted by Crippen LogP contribution is 2.34. The van der Waals surface area contributed by atoms with Gasteiger partial charge in [0.15, 0.2) is 10.3 Å². The molecule has 0 spiro atoms. The molecule has 1 aliphatic heterocycles. The Balaban J connectivity index is 1.32. The highest BCUT2D eigenvalue weighted by Gasteiger charge is 2.22. The summed E-state index contributed by atoms with van der Waals surface area (Å²) in [6.07, 6.45) is 0. The number of thiazole rings is 2. The van der Waals surface area contributed by atoms with Crippen molar-refractivity contribution in [2.24, 2.45) is 0 Å². The van der Waals surface area contributed by atoms with Crippen LogP contribution in [-0.2, 0) is 0 Å². The second kappa shape index (κ2) is 7.10. The maximum absolute atomic E-state index is 5.31. The molecule has 1 saturated heterocycles. The minimum Gasteiger partial charge on any atom is -0.497 e. The molecule has 4 aromatic rings. The first-order valence-electron chi connectivity index (χ1n) is 9.12. The normalized spacial score (nSPS) is 14.8. The Morgan fingerprint density at radius 2 is 1.14 bits per heavy atom. The summed E-state index contributed by atoms with van der Waals surface area (Å²) in [5.74, 6) is 1.70. The maximum atomic E-state index is 5.31. The summed E-state index contributed by atoms with van der Waals surface area (Å²) in [6, 6.07) is 12.2. The van der Waals surface area contributed by atoms with Crippen LogP contribution >= 0.6 is 22.7 Å². The second-order valence-corrected chi connectivity index (χ2v) is 8.65. The Bertz CT molecular complexity index is 1040. The molecular weight excluding hydrogens is 392 g/mol. The number of fused-ring (bicyclic) bond motifs is 2. The first kappa shape index (κ1) is 17.5. The summed E-state index contributed by atoms with van der Waals surface area (Å²) in [7, 11) is 3.37. The minimum atomic E-state index is 0.849. The molecular formula is C20H20N4O2S2. The van der Waals surface area contributed by atoms with Gasteiger partial charge in [0.05, 0.1) is 34.7 Å². The molecule has 0 radical (unpaired) electrons. The SMILES string of the molecule is COc1ccc2sc(N3CCN(c4nc5cc(OC)ccc5s4)CC3)nc2c1. The van der Waals surface area contributed by atoms with Crippen molar-refractivity contribution >= 4 is 53.4 Å². The summed E-state index contributed by atoms with van der Waals surface area (Å²) in [6.45, 7) is 3.76. The highest BCUT2D eigenvalue weighted by atomic mass is 32.1. The van der Waals surface area contributed by atoms with Gasteiger partial charge in [0, 0.05) is 38.3 Å². The number of rotatable bonds is 4. The molecule has 8 heteroatoms. The van der Waals surface area contributed by atoms with Crippen LogP contribution in [0.4, 0.5) is 10.3 Å². The quantitative estimate of drug-likeness (QED) is 0.499. The van der Waals surface area contributed by atoms with E-state index in [-0.39, 0.29) is 0 Å². The summed E-state index contributed by atoms with van der Waals surface area (Å²) >= 11 is 3.48. The lowest BCUT2D eigenvalue weighted by molar-refractivity contribution is 0.415. The zero-order valence-corrected chi connectivity index (χ0v) is 17.3. The number of hydrogen-bond donors (Lipinski definition) is 0. The van der Waals surface area contributed by atoms with E-state index in [1.807, 2.05) is 24.3 Å². The van der Waals surface area contributed by atoms with Crippen LogP contribution in [0, 0.1) is 0 Å². The fourth-order valence-corrected chi connectivity index (χ4v) is 5.40. The first-order chi connectivity index (χ1) is 13.7. The van der Waals surface area contributed by atoms with E-state index in [2.05, 4.69) is 21.9 Å². The van der Waals surface area contributed by atoms with E-state index in [1.54, 1.807) is 36.9 Å². The van der Waals surface area contributed by atoms with E-state index in [1.165, 1.54) is 9.40 Å². The van der Waals surface area contributed by atoms with Gasteiger partial charge in [0.25, 0.3) is 0 Å². The van der Waals surface area contributed by atoms with Crippen molar-refractivity contribution in [3.8, 4) is 11.5 Å². The largest absolute Gasteiger partial charge is 0.497 e. The number of benzene rings is 2. The smallest absolute Gasteiger partial charge is 0.186 e. The Morgan fingerprint density at radius 3 is 1.54 bits per heavy atom. The van der Waals surface area contributed by atoms with Crippen molar-refractivity contribution in [2.75, 3.05) is 50.2 Å². The van der Waals surface area contributed by atoms with E-state index >= 15 is 0 Å². The van der Waals surface area contributed by atoms with Crippen LogP contribution in [0.3, 0.4) is 0 Å². The molecule has 0 atom stereocenters. The van der Waals surface area contributed by atoms with Gasteiger partial charge in [-0.25, -0.2) is 9.97 Å². The van der Waals surface area contributed by atoms with Crippen LogP contribution in [0.15, 0.2) is 36.4 Å². The molecule has 3 heterocycles. The van der Waals surface area contributed by atoms with Crippen molar-refractivity contribution in [2.45, 2.75) is 0 Å². The Kier molecular flexibility index (Phi) is 4.44. The molecule has 0 saturated carbocycles. The molecule has 0 N–H and O–H groups in total. The fraction of sp³-hybridized carbons (Fsp3) is 0.300. The Hall–Kier alpha value is -2.58. The summed E-state index contributed by atoms with van der Waals surface area (Å²) in [5.41, 5.74) is 2.00. The lowest BCUT2D eigenvalue weighted by Gasteiger charge is -2.34. The van der Waals surface area contributed by atoms with Crippen molar-refractivity contribution in [3.05, 3.63) is 36.4 Å². The standard InChI is InChI=1S/C20H20N4O2S2/c1-25-13-3-5-17-15(11-13)21-19(27-17)23-7-9-24(10-8-23)20-22-16-12-14(26-2)4-6-18(16)28-20/h3-6,11-12H,7-10H2,1-2H3. The Labute approximate surface area is 171 Å². The molecule has 6 nitrogen and oxygen atoms in total. The van der Waals surface area contributed by atoms with Crippen LogP contribution in [0.25, 0.3) is 20.4 Å². The predicted octanol–water partition coefficient (Wildman–Crippen LogP) is 4.25. The van der Waals surface area contributed by atoms with Gasteiger partial charge in [-0.3, -0.25) is 0 Å². The molecule has 2 aromatic carbocycles. The molecule has 0 aliphatic carbocycles. The van der Waals surface area contributed by atoms with Crippen molar-refractivity contribution < 1.29 is 9.47 Å². The monoisotopic (exact) mass is 412 g/mol. The van der Waals surface area contributed by atoms with Gasteiger partial charge in [-0.15, -0.1) is 0 Å². The molecule has 2 aromatic heterocycles. The van der Waals surface area contributed by atoms with Gasteiger partial charge >= 0.3 is 0 Å². The van der Waals surface area contributed by atoms with Crippen LogP contribution < -0.4 is 19.3 Å². The van der Waals surface area contributed by atoms with Gasteiger partial charge < -0.3 is 19.3 Å². The molecule has 1 fully saturated rings. The van der Waals surface area contributed by atoms with E-state index in [9.17, 15) is 0 Å². The number of methoxy groups -OCH3 is 2. The number of piperazine rings is 1. The van der Waals surface area contributed by atoms with Crippen molar-refractivity contribution in [1.29, 1.82) is 0 Å². The Morgan fingerprint density at radius 1 is 0.714 bits per heavy atom. The second-order valence-electron chi connectivity index (χ2n) is 6.63. The summed E-state index contributed by atoms with van der Waals surface area (Å²) in [5, 5.41) is 2.16. The lowest BCUT2D eigenvalue weighted by Crippen LogP contribution is -2.46. The number of nitrogens with zero attached hydrogens (tertiary/aromatic N) is 4. The van der Waals surface area contributed by atoms with Gasteiger partial charge in [-0.05, 0) is 24.3 Å². The fourth-order valence-electron chi connectivity index (χ4n) is 3.40. The van der Waals surface area contributed by atoms with Gasteiger partial charge in [-0.2, -0.15) is 0 Å². The topological polar surface area (TPSA) is 50.7 Å². The zero-order chi connectivity index (χ0) is 19.1. The van der Waals surface area contributed by atoms with Crippen LogP contribution in [0.2, 0.25) is 0 Å². The van der Waals surface area contributed by atoms with E-state index in [4.69, 9.17) is 19.4 Å². The van der Waals surface area contributed by atoms with E-state index in [0.717, 1.165) is 59.0 Å². The molecule has 0 amide bonds. The van der Waals surface area contributed by atoms with E-state index in [0.29, 0.717) is 0 Å². The van der Waals surface area contributed by atoms with Crippen molar-refractivity contribution in [1.82, 2.24) is 9.97 Å². The van der Waals surface area contributed by atoms with Crippen LogP contribution in [0.5, 0.6) is 11.5 Å². The number of hydrogen-bond acceptors (Lipinski definition) is 8. The molecule has 0 unspecified atom stereocenters. The number of ether oxygens (including phenoxy) is 2. The first-order valence-corrected chi connectivity index (χ1v) is 10.8. The third-order valence-corrected chi connectivity index (χ3v) is 7.18. The van der Waals surface area contributed by atoms with Crippen LogP contribution in [-0.4, -0.2) is 50.4 Å². The molecule has 1 aliphatic rings. The summed E-state index contributed by atoms with van der Waals surface area (Å²) < 4.78 is 13.0. The molecule has 28 heavy (non-hydrogen) atoms. The highest BCUT2D eigenvalue weighted by molar-refractivity contribution is 7.22. The average molecular weight is 413 g/mol. The minimum absolute atomic E-state index is 0.849.